The van der Waals surface area contributed by atoms with E-state index in [0.717, 1.165) is 37.7 Å². The fourth-order valence-corrected chi connectivity index (χ4v) is 1.74. The number of benzene rings is 1. The third-order valence-corrected chi connectivity index (χ3v) is 2.73. The van der Waals surface area contributed by atoms with Crippen LogP contribution in [0.25, 0.3) is 0 Å². The van der Waals surface area contributed by atoms with Gasteiger partial charge in [-0.05, 0) is 38.3 Å². The Morgan fingerprint density at radius 1 is 1.16 bits per heavy atom. The average Bonchev–Trinajstić information content (AvgIpc) is 2.43. The molecule has 4 nitrogen and oxygen atoms in total. The Kier molecular flexibility index (Phi) is 7.66. The van der Waals surface area contributed by atoms with Gasteiger partial charge in [-0.15, -0.1) is 0 Å². The highest BCUT2D eigenvalue weighted by Crippen LogP contribution is 2.24. The maximum atomic E-state index is 10.8. The van der Waals surface area contributed by atoms with Gasteiger partial charge in [-0.25, -0.2) is 0 Å². The standard InChI is InChI=1S/C15H22O4/c1-2-18-15-11-14(8-7-13(15)12-17)19-10-6-4-3-5-9-16/h7-8,11-12,16H,2-6,9-10H2,1H3. The summed E-state index contributed by atoms with van der Waals surface area (Å²) in [7, 11) is 0. The fraction of sp³-hybridized carbons (Fsp3) is 0.533. The normalized spacial score (nSPS) is 10.2. The molecule has 0 atom stereocenters. The van der Waals surface area contributed by atoms with Crippen LogP contribution in [0.2, 0.25) is 0 Å². The van der Waals surface area contributed by atoms with Crippen LogP contribution in [0.4, 0.5) is 0 Å². The van der Waals surface area contributed by atoms with Crippen LogP contribution in [-0.2, 0) is 0 Å². The Balaban J connectivity index is 2.41. The molecule has 0 saturated heterocycles. The molecule has 0 heterocycles. The number of rotatable bonds is 10. The highest BCUT2D eigenvalue weighted by atomic mass is 16.5. The number of hydrogen-bond acceptors (Lipinski definition) is 4. The first-order valence-electron chi connectivity index (χ1n) is 6.77. The van der Waals surface area contributed by atoms with Gasteiger partial charge >= 0.3 is 0 Å². The average molecular weight is 266 g/mol. The van der Waals surface area contributed by atoms with E-state index in [2.05, 4.69) is 0 Å². The molecule has 1 aromatic rings. The summed E-state index contributed by atoms with van der Waals surface area (Å²) in [6, 6.07) is 5.24. The summed E-state index contributed by atoms with van der Waals surface area (Å²) >= 11 is 0. The van der Waals surface area contributed by atoms with E-state index in [0.29, 0.717) is 24.5 Å². The molecule has 19 heavy (non-hydrogen) atoms. The maximum Gasteiger partial charge on any atom is 0.153 e. The van der Waals surface area contributed by atoms with Crippen molar-refractivity contribution in [2.45, 2.75) is 32.6 Å². The van der Waals surface area contributed by atoms with Crippen LogP contribution in [-0.4, -0.2) is 31.2 Å². The molecule has 0 aliphatic carbocycles. The molecule has 1 N–H and O–H groups in total. The number of hydrogen-bond donors (Lipinski definition) is 1. The van der Waals surface area contributed by atoms with Gasteiger partial charge in [0, 0.05) is 12.7 Å². The minimum absolute atomic E-state index is 0.256. The zero-order valence-electron chi connectivity index (χ0n) is 11.4. The lowest BCUT2D eigenvalue weighted by Gasteiger charge is -2.10. The van der Waals surface area contributed by atoms with E-state index in [1.165, 1.54) is 0 Å². The van der Waals surface area contributed by atoms with Gasteiger partial charge in [-0.3, -0.25) is 4.79 Å². The summed E-state index contributed by atoms with van der Waals surface area (Å²) in [6.45, 7) is 3.29. The van der Waals surface area contributed by atoms with Crippen LogP contribution < -0.4 is 9.47 Å². The summed E-state index contributed by atoms with van der Waals surface area (Å²) < 4.78 is 11.0. The van der Waals surface area contributed by atoms with Gasteiger partial charge in [-0.2, -0.15) is 0 Å². The van der Waals surface area contributed by atoms with Crippen LogP contribution in [0, 0.1) is 0 Å². The molecule has 0 unspecified atom stereocenters. The van der Waals surface area contributed by atoms with Crippen LogP contribution in [0.3, 0.4) is 0 Å². The van der Waals surface area contributed by atoms with Crippen LogP contribution in [0.5, 0.6) is 11.5 Å². The van der Waals surface area contributed by atoms with Crippen LogP contribution >= 0.6 is 0 Å². The largest absolute Gasteiger partial charge is 0.493 e. The number of ether oxygens (including phenoxy) is 2. The summed E-state index contributed by atoms with van der Waals surface area (Å²) in [6.07, 6.45) is 4.66. The van der Waals surface area contributed by atoms with Gasteiger partial charge in [0.25, 0.3) is 0 Å². The molecule has 0 radical (unpaired) electrons. The maximum absolute atomic E-state index is 10.8. The van der Waals surface area contributed by atoms with Crippen molar-refractivity contribution in [1.29, 1.82) is 0 Å². The topological polar surface area (TPSA) is 55.8 Å². The third-order valence-electron chi connectivity index (χ3n) is 2.73. The molecular formula is C15H22O4. The van der Waals surface area contributed by atoms with Crippen molar-refractivity contribution in [2.24, 2.45) is 0 Å². The molecule has 0 bridgehead atoms. The minimum Gasteiger partial charge on any atom is -0.493 e. The van der Waals surface area contributed by atoms with Crippen molar-refractivity contribution in [2.75, 3.05) is 19.8 Å². The molecule has 1 rings (SSSR count). The van der Waals surface area contributed by atoms with Crippen LogP contribution in [0.15, 0.2) is 18.2 Å². The second-order valence-corrected chi connectivity index (χ2v) is 4.24. The molecule has 0 fully saturated rings. The minimum atomic E-state index is 0.256. The molecule has 4 heteroatoms. The first-order valence-corrected chi connectivity index (χ1v) is 6.77. The lowest BCUT2D eigenvalue weighted by molar-refractivity contribution is 0.111. The van der Waals surface area contributed by atoms with Gasteiger partial charge in [0.05, 0.1) is 18.8 Å². The summed E-state index contributed by atoms with van der Waals surface area (Å²) in [5, 5.41) is 8.66. The van der Waals surface area contributed by atoms with E-state index in [4.69, 9.17) is 14.6 Å². The molecule has 0 aliphatic heterocycles. The summed E-state index contributed by atoms with van der Waals surface area (Å²) in [5.41, 5.74) is 0.539. The number of aliphatic hydroxyl groups is 1. The molecule has 0 aromatic heterocycles. The van der Waals surface area contributed by atoms with Gasteiger partial charge in [0.1, 0.15) is 11.5 Å². The predicted molar refractivity (Wildman–Crippen MR) is 74.0 cm³/mol. The van der Waals surface area contributed by atoms with Gasteiger partial charge in [0.2, 0.25) is 0 Å². The van der Waals surface area contributed by atoms with Gasteiger partial charge in [-0.1, -0.05) is 6.42 Å². The monoisotopic (exact) mass is 266 g/mol. The van der Waals surface area contributed by atoms with E-state index in [9.17, 15) is 4.79 Å². The van der Waals surface area contributed by atoms with E-state index in [1.54, 1.807) is 18.2 Å². The zero-order valence-corrected chi connectivity index (χ0v) is 11.4. The quantitative estimate of drug-likeness (QED) is 0.522. The Bertz CT molecular complexity index is 376. The van der Waals surface area contributed by atoms with Crippen molar-refractivity contribution in [1.82, 2.24) is 0 Å². The van der Waals surface area contributed by atoms with E-state index in [1.807, 2.05) is 6.92 Å². The Labute approximate surface area is 114 Å². The second kappa shape index (κ2) is 9.39. The molecule has 0 aliphatic rings. The Hall–Kier alpha value is -1.55. The van der Waals surface area contributed by atoms with Crippen molar-refractivity contribution in [3.63, 3.8) is 0 Å². The highest BCUT2D eigenvalue weighted by molar-refractivity contribution is 5.79. The first-order chi connectivity index (χ1) is 9.31. The number of unbranched alkanes of at least 4 members (excludes halogenated alkanes) is 3. The van der Waals surface area contributed by atoms with Crippen molar-refractivity contribution in [3.05, 3.63) is 23.8 Å². The molecular weight excluding hydrogens is 244 g/mol. The Morgan fingerprint density at radius 3 is 2.63 bits per heavy atom. The van der Waals surface area contributed by atoms with Gasteiger partial charge < -0.3 is 14.6 Å². The van der Waals surface area contributed by atoms with E-state index < -0.39 is 0 Å². The molecule has 0 spiro atoms. The van der Waals surface area contributed by atoms with Crippen molar-refractivity contribution < 1.29 is 19.4 Å². The fourth-order valence-electron chi connectivity index (χ4n) is 1.74. The number of carbonyl (C=O) groups is 1. The second-order valence-electron chi connectivity index (χ2n) is 4.24. The SMILES string of the molecule is CCOc1cc(OCCCCCCO)ccc1C=O. The van der Waals surface area contributed by atoms with Crippen molar-refractivity contribution >= 4 is 6.29 Å². The number of aliphatic hydroxyl groups excluding tert-OH is 1. The lowest BCUT2D eigenvalue weighted by atomic mass is 10.2. The lowest BCUT2D eigenvalue weighted by Crippen LogP contribution is -2.00. The smallest absolute Gasteiger partial charge is 0.153 e. The zero-order chi connectivity index (χ0) is 13.9. The first kappa shape index (κ1) is 15.5. The van der Waals surface area contributed by atoms with E-state index in [-0.39, 0.29) is 6.61 Å². The third kappa shape index (κ3) is 5.75. The molecule has 106 valence electrons. The predicted octanol–water partition coefficient (Wildman–Crippen LogP) is 2.83. The number of aldehydes is 1. The van der Waals surface area contributed by atoms with E-state index >= 15 is 0 Å². The Morgan fingerprint density at radius 2 is 1.95 bits per heavy atom. The van der Waals surface area contributed by atoms with Crippen LogP contribution in [0.1, 0.15) is 43.0 Å². The summed E-state index contributed by atoms with van der Waals surface area (Å²) in [4.78, 5) is 10.8. The van der Waals surface area contributed by atoms with Crippen molar-refractivity contribution in [3.8, 4) is 11.5 Å². The highest BCUT2D eigenvalue weighted by Gasteiger charge is 2.04. The molecule has 0 saturated carbocycles. The summed E-state index contributed by atoms with van der Waals surface area (Å²) in [5.74, 6) is 1.28. The molecule has 0 amide bonds. The molecule has 1 aromatic carbocycles. The van der Waals surface area contributed by atoms with Gasteiger partial charge in [0.15, 0.2) is 6.29 Å². The number of carbonyl (C=O) groups excluding carboxylic acids is 1.